The predicted octanol–water partition coefficient (Wildman–Crippen LogP) is 8.51. The molecule has 0 saturated heterocycles. The first-order valence-electron chi connectivity index (χ1n) is 14.3. The number of hydrogen-bond donors (Lipinski definition) is 0. The van der Waals surface area contributed by atoms with E-state index >= 15 is 0 Å². The van der Waals surface area contributed by atoms with Crippen LogP contribution >= 0.6 is 0 Å². The molecule has 0 atom stereocenters. The van der Waals surface area contributed by atoms with E-state index in [9.17, 15) is 4.79 Å². The number of esters is 1. The third-order valence-corrected chi connectivity index (χ3v) is 8.41. The highest BCUT2D eigenvalue weighted by Crippen LogP contribution is 2.37. The summed E-state index contributed by atoms with van der Waals surface area (Å²) in [6.07, 6.45) is 21.5. The van der Waals surface area contributed by atoms with E-state index in [0.717, 1.165) is 48.9 Å². The minimum atomic E-state index is -0.0756. The Balaban J connectivity index is 1.25. The second-order valence-corrected chi connectivity index (χ2v) is 11.0. The van der Waals surface area contributed by atoms with Gasteiger partial charge in [0.2, 0.25) is 0 Å². The Morgan fingerprint density at radius 1 is 0.800 bits per heavy atom. The number of nitrogens with zero attached hydrogens (tertiary/aromatic N) is 2. The molecule has 1 heterocycles. The van der Waals surface area contributed by atoms with Crippen molar-refractivity contribution in [3.8, 4) is 17.1 Å². The molecule has 0 unspecified atom stereocenters. The van der Waals surface area contributed by atoms with Crippen molar-refractivity contribution in [1.29, 1.82) is 0 Å². The summed E-state index contributed by atoms with van der Waals surface area (Å²) in [5.74, 6) is 3.63. The Kier molecular flexibility index (Phi) is 9.74. The molecule has 2 aromatic rings. The van der Waals surface area contributed by atoms with Crippen molar-refractivity contribution in [1.82, 2.24) is 9.97 Å². The summed E-state index contributed by atoms with van der Waals surface area (Å²) in [5, 5.41) is 0. The number of ether oxygens (including phenoxy) is 1. The molecule has 4 heteroatoms. The van der Waals surface area contributed by atoms with Crippen LogP contribution in [0.15, 0.2) is 36.7 Å². The van der Waals surface area contributed by atoms with Crippen molar-refractivity contribution in [3.63, 3.8) is 0 Å². The third-order valence-electron chi connectivity index (χ3n) is 8.41. The van der Waals surface area contributed by atoms with Gasteiger partial charge in [-0.25, -0.2) is 9.97 Å². The zero-order valence-electron chi connectivity index (χ0n) is 21.9. The summed E-state index contributed by atoms with van der Waals surface area (Å²) in [6, 6.07) is 7.65. The fourth-order valence-electron chi connectivity index (χ4n) is 6.13. The Labute approximate surface area is 212 Å². The molecule has 0 N–H and O–H groups in total. The smallest absolute Gasteiger partial charge is 0.314 e. The number of rotatable bonds is 10. The lowest BCUT2D eigenvalue weighted by Crippen LogP contribution is -2.25. The lowest BCUT2D eigenvalue weighted by Gasteiger charge is -2.28. The van der Waals surface area contributed by atoms with Crippen LogP contribution in [0.4, 0.5) is 0 Å². The van der Waals surface area contributed by atoms with Crippen LogP contribution in [0.5, 0.6) is 5.75 Å². The van der Waals surface area contributed by atoms with Gasteiger partial charge in [0.1, 0.15) is 5.75 Å². The quantitative estimate of drug-likeness (QED) is 0.196. The van der Waals surface area contributed by atoms with Crippen LogP contribution in [0.3, 0.4) is 0 Å². The average molecular weight is 477 g/mol. The van der Waals surface area contributed by atoms with Crippen molar-refractivity contribution in [2.45, 2.75) is 110 Å². The van der Waals surface area contributed by atoms with E-state index in [1.807, 2.05) is 36.7 Å². The molecule has 0 bridgehead atoms. The molecule has 1 aromatic heterocycles. The fourth-order valence-corrected chi connectivity index (χ4v) is 6.13. The lowest BCUT2D eigenvalue weighted by molar-refractivity contribution is -0.140. The van der Waals surface area contributed by atoms with Crippen molar-refractivity contribution in [3.05, 3.63) is 42.2 Å². The van der Waals surface area contributed by atoms with Gasteiger partial charge in [0.05, 0.1) is 5.92 Å². The standard InChI is InChI=1S/C31H44N2O2/c1-3-5-6-8-24-9-13-25(14-10-24)28-21-32-30(33-22-28)26-17-19-29(20-18-26)35-31(34)27-15-11-23(7-4-2)12-16-27/h17-25,27H,3-16H2,1-2H3/t23-,24-,25-,27-. The summed E-state index contributed by atoms with van der Waals surface area (Å²) in [4.78, 5) is 22.0. The van der Waals surface area contributed by atoms with Crippen molar-refractivity contribution in [2.75, 3.05) is 0 Å². The van der Waals surface area contributed by atoms with Gasteiger partial charge in [0.15, 0.2) is 5.82 Å². The van der Waals surface area contributed by atoms with E-state index in [-0.39, 0.29) is 11.9 Å². The highest BCUT2D eigenvalue weighted by molar-refractivity contribution is 5.75. The normalized spacial score (nSPS) is 24.7. The molecule has 2 aliphatic rings. The van der Waals surface area contributed by atoms with Crippen LogP contribution < -0.4 is 4.74 Å². The van der Waals surface area contributed by atoms with E-state index in [4.69, 9.17) is 4.74 Å². The van der Waals surface area contributed by atoms with Gasteiger partial charge < -0.3 is 4.74 Å². The first kappa shape index (κ1) is 25.9. The van der Waals surface area contributed by atoms with Crippen LogP contribution in [-0.2, 0) is 4.79 Å². The Bertz CT molecular complexity index is 893. The molecule has 2 saturated carbocycles. The van der Waals surface area contributed by atoms with Gasteiger partial charge in [-0.3, -0.25) is 4.79 Å². The minimum absolute atomic E-state index is 0.0464. The summed E-state index contributed by atoms with van der Waals surface area (Å²) in [6.45, 7) is 4.52. The molecule has 2 fully saturated rings. The van der Waals surface area contributed by atoms with Crippen molar-refractivity contribution in [2.24, 2.45) is 17.8 Å². The predicted molar refractivity (Wildman–Crippen MR) is 142 cm³/mol. The molecule has 35 heavy (non-hydrogen) atoms. The molecule has 0 radical (unpaired) electrons. The number of aromatic nitrogens is 2. The van der Waals surface area contributed by atoms with Crippen LogP contribution in [0.2, 0.25) is 0 Å². The number of carbonyl (C=O) groups excluding carboxylic acids is 1. The largest absolute Gasteiger partial charge is 0.426 e. The first-order chi connectivity index (χ1) is 17.2. The van der Waals surface area contributed by atoms with Crippen LogP contribution in [0.25, 0.3) is 11.4 Å². The number of hydrogen-bond acceptors (Lipinski definition) is 4. The minimum Gasteiger partial charge on any atom is -0.426 e. The van der Waals surface area contributed by atoms with E-state index in [0.29, 0.717) is 11.7 Å². The molecule has 0 amide bonds. The average Bonchev–Trinajstić information content (AvgIpc) is 2.90. The monoisotopic (exact) mass is 476 g/mol. The Morgan fingerprint density at radius 2 is 1.43 bits per heavy atom. The topological polar surface area (TPSA) is 52.1 Å². The van der Waals surface area contributed by atoms with Crippen LogP contribution in [0, 0.1) is 17.8 Å². The van der Waals surface area contributed by atoms with Gasteiger partial charge >= 0.3 is 5.97 Å². The number of carbonyl (C=O) groups is 1. The maximum Gasteiger partial charge on any atom is 0.314 e. The number of unbranched alkanes of at least 4 members (excludes halogenated alkanes) is 2. The molecular weight excluding hydrogens is 432 g/mol. The zero-order chi connectivity index (χ0) is 24.5. The van der Waals surface area contributed by atoms with Crippen molar-refractivity contribution < 1.29 is 9.53 Å². The highest BCUT2D eigenvalue weighted by atomic mass is 16.5. The van der Waals surface area contributed by atoms with Gasteiger partial charge in [0.25, 0.3) is 0 Å². The molecule has 4 nitrogen and oxygen atoms in total. The SMILES string of the molecule is CCCCC[C@H]1CC[C@H](c2cnc(-c3ccc(OC(=O)[C@H]4CC[C@H](CCC)CC4)cc3)nc2)CC1. The van der Waals surface area contributed by atoms with E-state index in [2.05, 4.69) is 23.8 Å². The second kappa shape index (κ2) is 13.2. The number of benzene rings is 1. The van der Waals surface area contributed by atoms with E-state index in [1.165, 1.54) is 69.8 Å². The van der Waals surface area contributed by atoms with Crippen LogP contribution in [0.1, 0.15) is 115 Å². The van der Waals surface area contributed by atoms with Gasteiger partial charge in [-0.1, -0.05) is 52.4 Å². The Hall–Kier alpha value is -2.23. The maximum atomic E-state index is 12.6. The van der Waals surface area contributed by atoms with Gasteiger partial charge in [-0.2, -0.15) is 0 Å². The second-order valence-electron chi connectivity index (χ2n) is 11.0. The molecule has 1 aromatic carbocycles. The summed E-state index contributed by atoms with van der Waals surface area (Å²) in [7, 11) is 0. The van der Waals surface area contributed by atoms with Gasteiger partial charge in [-0.05, 0) is 98.9 Å². The zero-order valence-corrected chi connectivity index (χ0v) is 21.9. The first-order valence-corrected chi connectivity index (χ1v) is 14.3. The highest BCUT2D eigenvalue weighted by Gasteiger charge is 2.27. The molecule has 190 valence electrons. The maximum absolute atomic E-state index is 12.6. The van der Waals surface area contributed by atoms with E-state index in [1.54, 1.807) is 0 Å². The van der Waals surface area contributed by atoms with Crippen molar-refractivity contribution >= 4 is 5.97 Å². The summed E-state index contributed by atoms with van der Waals surface area (Å²) >= 11 is 0. The molecule has 2 aliphatic carbocycles. The molecule has 0 spiro atoms. The third kappa shape index (κ3) is 7.38. The van der Waals surface area contributed by atoms with Gasteiger partial charge in [-0.15, -0.1) is 0 Å². The van der Waals surface area contributed by atoms with Gasteiger partial charge in [0, 0.05) is 18.0 Å². The fraction of sp³-hybridized carbons (Fsp3) is 0.645. The Morgan fingerprint density at radius 3 is 2.06 bits per heavy atom. The summed E-state index contributed by atoms with van der Waals surface area (Å²) < 4.78 is 5.70. The lowest BCUT2D eigenvalue weighted by atomic mass is 9.77. The van der Waals surface area contributed by atoms with Crippen LogP contribution in [-0.4, -0.2) is 15.9 Å². The molecule has 4 rings (SSSR count). The molecular formula is C31H44N2O2. The summed E-state index contributed by atoms with van der Waals surface area (Å²) in [5.41, 5.74) is 2.23. The molecule has 0 aliphatic heterocycles. The van der Waals surface area contributed by atoms with E-state index < -0.39 is 0 Å².